The van der Waals surface area contributed by atoms with Crippen LogP contribution in [0.5, 0.6) is 5.75 Å². The van der Waals surface area contributed by atoms with Gasteiger partial charge in [0.05, 0.1) is 0 Å². The molecule has 0 aliphatic rings. The summed E-state index contributed by atoms with van der Waals surface area (Å²) in [5.41, 5.74) is 6.61. The first-order valence-corrected chi connectivity index (χ1v) is 4.30. The summed E-state index contributed by atoms with van der Waals surface area (Å²) in [5, 5.41) is 0. The quantitative estimate of drug-likeness (QED) is 0.450. The Bertz CT molecular complexity index is 347. The van der Waals surface area contributed by atoms with Gasteiger partial charge in [0, 0.05) is 13.0 Å². The van der Waals surface area contributed by atoms with Gasteiger partial charge in [0.15, 0.2) is 0 Å². The summed E-state index contributed by atoms with van der Waals surface area (Å²) in [6.07, 6.45) is 1.63. The Morgan fingerprint density at radius 1 is 1.64 bits per heavy atom. The van der Waals surface area contributed by atoms with Crippen LogP contribution in [0.3, 0.4) is 0 Å². The molecule has 0 heterocycles. The summed E-state index contributed by atoms with van der Waals surface area (Å²) in [7, 11) is 0. The van der Waals surface area contributed by atoms with Crippen LogP contribution in [0, 0.1) is 0 Å². The lowest BCUT2D eigenvalue weighted by Crippen LogP contribution is -2.07. The second-order valence-corrected chi connectivity index (χ2v) is 2.93. The summed E-state index contributed by atoms with van der Waals surface area (Å²) >= 11 is 0. The van der Waals surface area contributed by atoms with E-state index in [4.69, 9.17) is 10.5 Å². The highest BCUT2D eigenvalue weighted by Gasteiger charge is 2.03. The van der Waals surface area contributed by atoms with Gasteiger partial charge in [0.1, 0.15) is 5.75 Å². The molecule has 3 nitrogen and oxygen atoms in total. The number of rotatable bonds is 3. The highest BCUT2D eigenvalue weighted by Crippen LogP contribution is 2.18. The molecular weight excluding hydrogens is 178 g/mol. The molecule has 1 rings (SSSR count). The third-order valence-corrected chi connectivity index (χ3v) is 1.76. The van der Waals surface area contributed by atoms with Crippen molar-refractivity contribution < 1.29 is 9.53 Å². The molecule has 0 saturated heterocycles. The van der Waals surface area contributed by atoms with E-state index in [1.165, 1.54) is 6.92 Å². The lowest BCUT2D eigenvalue weighted by atomic mass is 10.1. The van der Waals surface area contributed by atoms with E-state index in [9.17, 15) is 4.79 Å². The third-order valence-electron chi connectivity index (χ3n) is 1.76. The van der Waals surface area contributed by atoms with Crippen molar-refractivity contribution in [2.45, 2.75) is 13.0 Å². The first kappa shape index (κ1) is 10.5. The summed E-state index contributed by atoms with van der Waals surface area (Å²) in [5.74, 6) is 0.168. The zero-order chi connectivity index (χ0) is 10.6. The van der Waals surface area contributed by atoms with E-state index < -0.39 is 0 Å². The standard InChI is InChI=1S/C11H13NO2/c1-3-11(12)9-5-4-6-10(7-9)14-8(2)13/h3-7,11H,1,12H2,2H3. The molecule has 1 atom stereocenters. The van der Waals surface area contributed by atoms with Crippen LogP contribution in [0.25, 0.3) is 0 Å². The van der Waals surface area contributed by atoms with Crippen LogP contribution in [0.15, 0.2) is 36.9 Å². The lowest BCUT2D eigenvalue weighted by Gasteiger charge is -2.08. The number of ether oxygens (including phenoxy) is 1. The molecule has 0 aromatic heterocycles. The summed E-state index contributed by atoms with van der Waals surface area (Å²) in [4.78, 5) is 10.7. The van der Waals surface area contributed by atoms with Gasteiger partial charge < -0.3 is 10.5 Å². The normalized spacial score (nSPS) is 11.9. The van der Waals surface area contributed by atoms with Crippen LogP contribution in [0.1, 0.15) is 18.5 Å². The Morgan fingerprint density at radius 3 is 2.93 bits per heavy atom. The number of carbonyl (C=O) groups is 1. The van der Waals surface area contributed by atoms with Gasteiger partial charge in [-0.2, -0.15) is 0 Å². The van der Waals surface area contributed by atoms with Crippen molar-refractivity contribution in [1.29, 1.82) is 0 Å². The first-order valence-electron chi connectivity index (χ1n) is 4.30. The molecule has 3 heteroatoms. The Labute approximate surface area is 83.2 Å². The van der Waals surface area contributed by atoms with Gasteiger partial charge in [-0.25, -0.2) is 0 Å². The van der Waals surface area contributed by atoms with Gasteiger partial charge in [-0.1, -0.05) is 18.2 Å². The minimum Gasteiger partial charge on any atom is -0.427 e. The van der Waals surface area contributed by atoms with Gasteiger partial charge in [-0.3, -0.25) is 4.79 Å². The zero-order valence-electron chi connectivity index (χ0n) is 8.07. The largest absolute Gasteiger partial charge is 0.427 e. The molecule has 0 aliphatic carbocycles. The maximum absolute atomic E-state index is 10.7. The highest BCUT2D eigenvalue weighted by atomic mass is 16.5. The van der Waals surface area contributed by atoms with Gasteiger partial charge >= 0.3 is 5.97 Å². The zero-order valence-corrected chi connectivity index (χ0v) is 8.07. The van der Waals surface area contributed by atoms with Gasteiger partial charge in [0.2, 0.25) is 0 Å². The van der Waals surface area contributed by atoms with Gasteiger partial charge in [0.25, 0.3) is 0 Å². The van der Waals surface area contributed by atoms with Crippen LogP contribution in [0.4, 0.5) is 0 Å². The molecule has 1 aromatic rings. The van der Waals surface area contributed by atoms with Crippen LogP contribution in [-0.2, 0) is 4.79 Å². The lowest BCUT2D eigenvalue weighted by molar-refractivity contribution is -0.131. The predicted molar refractivity (Wildman–Crippen MR) is 54.9 cm³/mol. The molecule has 0 spiro atoms. The molecule has 14 heavy (non-hydrogen) atoms. The Morgan fingerprint density at radius 2 is 2.36 bits per heavy atom. The van der Waals surface area contributed by atoms with Crippen molar-refractivity contribution in [2.24, 2.45) is 5.73 Å². The molecule has 1 unspecified atom stereocenters. The molecule has 0 radical (unpaired) electrons. The minimum atomic E-state index is -0.339. The van der Waals surface area contributed by atoms with Crippen molar-refractivity contribution in [3.05, 3.63) is 42.5 Å². The Kier molecular flexibility index (Phi) is 3.42. The van der Waals surface area contributed by atoms with Crippen molar-refractivity contribution in [2.75, 3.05) is 0 Å². The maximum atomic E-state index is 10.7. The molecule has 0 fully saturated rings. The predicted octanol–water partition coefficient (Wildman–Crippen LogP) is 1.80. The van der Waals surface area contributed by atoms with Crippen molar-refractivity contribution in [1.82, 2.24) is 0 Å². The second kappa shape index (κ2) is 4.58. The summed E-state index contributed by atoms with van der Waals surface area (Å²) in [6, 6.07) is 6.86. The number of hydrogen-bond acceptors (Lipinski definition) is 3. The average molecular weight is 191 g/mol. The SMILES string of the molecule is C=CC(N)c1cccc(OC(C)=O)c1. The second-order valence-electron chi connectivity index (χ2n) is 2.93. The fraction of sp³-hybridized carbons (Fsp3) is 0.182. The highest BCUT2D eigenvalue weighted by molar-refractivity contribution is 5.69. The molecule has 0 aliphatic heterocycles. The third kappa shape index (κ3) is 2.71. The van der Waals surface area contributed by atoms with Crippen LogP contribution < -0.4 is 10.5 Å². The molecule has 0 saturated carbocycles. The van der Waals surface area contributed by atoms with Gasteiger partial charge in [-0.05, 0) is 17.7 Å². The summed E-state index contributed by atoms with van der Waals surface area (Å²) < 4.78 is 4.92. The van der Waals surface area contributed by atoms with Crippen molar-refractivity contribution >= 4 is 5.97 Å². The molecule has 1 aromatic carbocycles. The van der Waals surface area contributed by atoms with E-state index >= 15 is 0 Å². The van der Waals surface area contributed by atoms with E-state index in [0.717, 1.165) is 5.56 Å². The fourth-order valence-electron chi connectivity index (χ4n) is 1.09. The Hall–Kier alpha value is -1.61. The number of esters is 1. The van der Waals surface area contributed by atoms with Crippen molar-refractivity contribution in [3.8, 4) is 5.75 Å². The molecule has 74 valence electrons. The van der Waals surface area contributed by atoms with E-state index in [1.54, 1.807) is 24.3 Å². The van der Waals surface area contributed by atoms with Crippen LogP contribution in [0.2, 0.25) is 0 Å². The molecule has 2 N–H and O–H groups in total. The molecule has 0 amide bonds. The molecule has 0 bridgehead atoms. The number of nitrogens with two attached hydrogens (primary N) is 1. The van der Waals surface area contributed by atoms with Crippen LogP contribution >= 0.6 is 0 Å². The molecular formula is C11H13NO2. The first-order chi connectivity index (χ1) is 6.63. The monoisotopic (exact) mass is 191 g/mol. The number of hydrogen-bond donors (Lipinski definition) is 1. The number of benzene rings is 1. The van der Waals surface area contributed by atoms with Crippen LogP contribution in [-0.4, -0.2) is 5.97 Å². The number of carbonyl (C=O) groups excluding carboxylic acids is 1. The Balaban J connectivity index is 2.88. The average Bonchev–Trinajstić information content (AvgIpc) is 2.16. The van der Waals surface area contributed by atoms with E-state index in [1.807, 2.05) is 6.07 Å². The van der Waals surface area contributed by atoms with Crippen molar-refractivity contribution in [3.63, 3.8) is 0 Å². The van der Waals surface area contributed by atoms with E-state index in [-0.39, 0.29) is 12.0 Å². The van der Waals surface area contributed by atoms with E-state index in [0.29, 0.717) is 5.75 Å². The summed E-state index contributed by atoms with van der Waals surface area (Å²) in [6.45, 7) is 4.96. The smallest absolute Gasteiger partial charge is 0.308 e. The van der Waals surface area contributed by atoms with E-state index in [2.05, 4.69) is 6.58 Å². The topological polar surface area (TPSA) is 52.3 Å². The maximum Gasteiger partial charge on any atom is 0.308 e. The van der Waals surface area contributed by atoms with Gasteiger partial charge in [-0.15, -0.1) is 6.58 Å². The minimum absolute atomic E-state index is 0.231. The fourth-order valence-corrected chi connectivity index (χ4v) is 1.09.